The Morgan fingerprint density at radius 1 is 0.341 bits per heavy atom. The van der Waals surface area contributed by atoms with Crippen LogP contribution in [0.1, 0.15) is 0 Å². The predicted molar refractivity (Wildman–Crippen MR) is 181 cm³/mol. The van der Waals surface area contributed by atoms with Gasteiger partial charge in [-0.05, 0) is 82.2 Å². The number of para-hydroxylation sites is 1. The molecular formula is C34H19N3S4. The van der Waals surface area contributed by atoms with E-state index >= 15 is 0 Å². The molecule has 0 spiro atoms. The summed E-state index contributed by atoms with van der Waals surface area (Å²) in [6.07, 6.45) is 0. The summed E-state index contributed by atoms with van der Waals surface area (Å²) >= 11 is 7.32. The van der Waals surface area contributed by atoms with Gasteiger partial charge in [0.05, 0.1) is 51.9 Å². The maximum absolute atomic E-state index is 2.44. The van der Waals surface area contributed by atoms with Crippen LogP contribution in [0, 0.1) is 0 Å². The normalized spacial score (nSPS) is 12.4. The van der Waals surface area contributed by atoms with E-state index < -0.39 is 0 Å². The van der Waals surface area contributed by atoms with Crippen LogP contribution in [0.3, 0.4) is 0 Å². The Hall–Kier alpha value is -4.14. The molecule has 10 rings (SSSR count). The molecule has 0 unspecified atom stereocenters. The highest BCUT2D eigenvalue weighted by molar-refractivity contribution is 7.26. The van der Waals surface area contributed by atoms with Crippen molar-refractivity contribution in [1.82, 2.24) is 13.7 Å². The summed E-state index contributed by atoms with van der Waals surface area (Å²) in [6.45, 7) is 0. The van der Waals surface area contributed by atoms with Crippen molar-refractivity contribution < 1.29 is 0 Å². The van der Waals surface area contributed by atoms with Crippen LogP contribution in [0.25, 0.3) is 79.7 Å². The van der Waals surface area contributed by atoms with Gasteiger partial charge in [0.1, 0.15) is 0 Å². The van der Waals surface area contributed by atoms with Gasteiger partial charge in [-0.1, -0.05) is 30.3 Å². The molecule has 0 radical (unpaired) electrons. The fourth-order valence-electron chi connectivity index (χ4n) is 6.54. The summed E-state index contributed by atoms with van der Waals surface area (Å²) in [7, 11) is 0. The van der Waals surface area contributed by atoms with E-state index in [0.717, 1.165) is 0 Å². The first kappa shape index (κ1) is 22.5. The van der Waals surface area contributed by atoms with Crippen LogP contribution in [0.5, 0.6) is 0 Å². The standard InChI is InChI=1S/C34H19N3S4/c1-2-4-20(5-3-1)35-29-18-21(36-25-10-14-38-31(25)32-26(36)11-15-39-32)6-8-23(29)24-9-7-22(19-30(24)35)37-27-12-16-40-33(27)34-28(37)13-17-41-34/h1-19H. The second kappa shape index (κ2) is 8.21. The summed E-state index contributed by atoms with van der Waals surface area (Å²) < 4.78 is 12.8. The first-order valence-corrected chi connectivity index (χ1v) is 16.9. The lowest BCUT2D eigenvalue weighted by molar-refractivity contribution is 1.15. The van der Waals surface area contributed by atoms with Gasteiger partial charge in [0.15, 0.2) is 0 Å². The fourth-order valence-corrected chi connectivity index (χ4v) is 10.4. The average Bonchev–Trinajstić information content (AvgIpc) is 3.83. The van der Waals surface area contributed by atoms with E-state index in [1.165, 1.54) is 79.7 Å². The van der Waals surface area contributed by atoms with E-state index in [9.17, 15) is 0 Å². The van der Waals surface area contributed by atoms with Gasteiger partial charge in [0.2, 0.25) is 0 Å². The van der Waals surface area contributed by atoms with E-state index in [2.05, 4.69) is 126 Å². The summed E-state index contributed by atoms with van der Waals surface area (Å²) in [5.41, 5.74) is 11.1. The quantitative estimate of drug-likeness (QED) is 0.192. The smallest absolute Gasteiger partial charge is 0.0704 e. The second-order valence-corrected chi connectivity index (χ2v) is 13.9. The number of rotatable bonds is 3. The Morgan fingerprint density at radius 3 is 1.15 bits per heavy atom. The van der Waals surface area contributed by atoms with Crippen molar-refractivity contribution in [2.45, 2.75) is 0 Å². The highest BCUT2D eigenvalue weighted by atomic mass is 32.1. The summed E-state index contributed by atoms with van der Waals surface area (Å²) in [5, 5.41) is 11.4. The van der Waals surface area contributed by atoms with Crippen molar-refractivity contribution in [2.75, 3.05) is 0 Å². The van der Waals surface area contributed by atoms with Crippen molar-refractivity contribution in [3.8, 4) is 17.1 Å². The van der Waals surface area contributed by atoms with E-state index in [1.807, 2.05) is 45.3 Å². The molecule has 7 heteroatoms. The molecule has 3 nitrogen and oxygen atoms in total. The third-order valence-corrected chi connectivity index (χ3v) is 12.2. The predicted octanol–water partition coefficient (Wildman–Crippen LogP) is 11.2. The second-order valence-electron chi connectivity index (χ2n) is 10.3. The number of benzene rings is 3. The minimum absolute atomic E-state index is 1.17. The summed E-state index contributed by atoms with van der Waals surface area (Å²) in [6, 6.07) is 33.7. The van der Waals surface area contributed by atoms with Crippen LogP contribution in [0.2, 0.25) is 0 Å². The van der Waals surface area contributed by atoms with Gasteiger partial charge in [-0.25, -0.2) is 0 Å². The molecule has 41 heavy (non-hydrogen) atoms. The zero-order chi connectivity index (χ0) is 26.7. The van der Waals surface area contributed by atoms with Gasteiger partial charge in [-0.15, -0.1) is 45.3 Å². The van der Waals surface area contributed by atoms with Gasteiger partial charge in [0.25, 0.3) is 0 Å². The molecule has 0 N–H and O–H groups in total. The minimum Gasteiger partial charge on any atom is -0.309 e. The van der Waals surface area contributed by atoms with Crippen LogP contribution in [0.4, 0.5) is 0 Å². The molecule has 10 aromatic rings. The van der Waals surface area contributed by atoms with Crippen molar-refractivity contribution in [3.05, 3.63) is 113 Å². The lowest BCUT2D eigenvalue weighted by atomic mass is 10.1. The molecule has 0 amide bonds. The Bertz CT molecular complexity index is 2340. The van der Waals surface area contributed by atoms with E-state index in [0.29, 0.717) is 0 Å². The number of aromatic nitrogens is 3. The number of thiophene rings is 4. The molecule has 194 valence electrons. The first-order chi connectivity index (χ1) is 20.3. The molecule has 7 aromatic heterocycles. The van der Waals surface area contributed by atoms with Crippen LogP contribution in [-0.2, 0) is 0 Å². The number of hydrogen-bond acceptors (Lipinski definition) is 4. The SMILES string of the molecule is c1ccc(-n2c3cc(-n4c5ccsc5c5sccc54)ccc3c3ccc(-n4c5ccsc5c5sccc54)cc32)cc1. The van der Waals surface area contributed by atoms with Crippen molar-refractivity contribution >= 4 is 108 Å². The lowest BCUT2D eigenvalue weighted by Crippen LogP contribution is -1.97. The molecule has 0 aliphatic heterocycles. The maximum Gasteiger partial charge on any atom is 0.0704 e. The largest absolute Gasteiger partial charge is 0.309 e. The Morgan fingerprint density at radius 2 is 0.732 bits per heavy atom. The van der Waals surface area contributed by atoms with Crippen LogP contribution < -0.4 is 0 Å². The van der Waals surface area contributed by atoms with E-state index in [1.54, 1.807) is 0 Å². The molecule has 0 saturated heterocycles. The number of hydrogen-bond donors (Lipinski definition) is 0. The molecule has 0 aliphatic carbocycles. The minimum atomic E-state index is 1.17. The molecular weight excluding hydrogens is 579 g/mol. The average molecular weight is 598 g/mol. The number of fused-ring (bicyclic) bond motifs is 9. The molecule has 0 bridgehead atoms. The van der Waals surface area contributed by atoms with E-state index in [-0.39, 0.29) is 0 Å². The molecule has 0 fully saturated rings. The van der Waals surface area contributed by atoms with Gasteiger partial charge < -0.3 is 13.7 Å². The topological polar surface area (TPSA) is 14.8 Å². The Labute approximate surface area is 250 Å². The summed E-state index contributed by atoms with van der Waals surface area (Å²) in [5.74, 6) is 0. The highest BCUT2D eigenvalue weighted by Gasteiger charge is 2.19. The van der Waals surface area contributed by atoms with Gasteiger partial charge in [-0.2, -0.15) is 0 Å². The fraction of sp³-hybridized carbons (Fsp3) is 0. The maximum atomic E-state index is 2.44. The van der Waals surface area contributed by atoms with Crippen LogP contribution in [-0.4, -0.2) is 13.7 Å². The molecule has 0 saturated carbocycles. The molecule has 0 atom stereocenters. The van der Waals surface area contributed by atoms with Crippen LogP contribution in [0.15, 0.2) is 113 Å². The van der Waals surface area contributed by atoms with Crippen LogP contribution >= 0.6 is 45.3 Å². The lowest BCUT2D eigenvalue weighted by Gasteiger charge is -2.11. The third kappa shape index (κ3) is 2.96. The molecule has 0 aliphatic rings. The zero-order valence-corrected chi connectivity index (χ0v) is 24.7. The zero-order valence-electron chi connectivity index (χ0n) is 21.4. The third-order valence-electron chi connectivity index (χ3n) is 8.22. The first-order valence-electron chi connectivity index (χ1n) is 13.4. The molecule has 3 aromatic carbocycles. The van der Waals surface area contributed by atoms with Crippen molar-refractivity contribution in [2.24, 2.45) is 0 Å². The monoisotopic (exact) mass is 597 g/mol. The van der Waals surface area contributed by atoms with Crippen molar-refractivity contribution in [1.29, 1.82) is 0 Å². The number of nitrogens with zero attached hydrogens (tertiary/aromatic N) is 3. The van der Waals surface area contributed by atoms with Crippen molar-refractivity contribution in [3.63, 3.8) is 0 Å². The van der Waals surface area contributed by atoms with Gasteiger partial charge >= 0.3 is 0 Å². The van der Waals surface area contributed by atoms with E-state index in [4.69, 9.17) is 0 Å². The van der Waals surface area contributed by atoms with Gasteiger partial charge in [-0.3, -0.25) is 0 Å². The Kier molecular flexibility index (Phi) is 4.51. The highest BCUT2D eigenvalue weighted by Crippen LogP contribution is 2.42. The summed E-state index contributed by atoms with van der Waals surface area (Å²) in [4.78, 5) is 0. The molecule has 7 heterocycles. The Balaban J connectivity index is 1.30. The van der Waals surface area contributed by atoms with Gasteiger partial charge in [0, 0.05) is 27.8 Å².